The molecule has 0 spiro atoms. The summed E-state index contributed by atoms with van der Waals surface area (Å²) >= 11 is 0. The van der Waals surface area contributed by atoms with Crippen LogP contribution in [0.15, 0.2) is 24.3 Å². The third-order valence-corrected chi connectivity index (χ3v) is 5.30. The fourth-order valence-corrected chi connectivity index (χ4v) is 4.01. The number of ether oxygens (including phenoxy) is 1. The third kappa shape index (κ3) is 2.38. The van der Waals surface area contributed by atoms with Gasteiger partial charge >= 0.3 is 5.97 Å². The van der Waals surface area contributed by atoms with E-state index in [4.69, 9.17) is 4.74 Å². The lowest BCUT2D eigenvalue weighted by Gasteiger charge is -2.30. The summed E-state index contributed by atoms with van der Waals surface area (Å²) in [4.78, 5) is 39.2. The molecule has 0 bridgehead atoms. The predicted molar refractivity (Wildman–Crippen MR) is 88.3 cm³/mol. The van der Waals surface area contributed by atoms with Gasteiger partial charge in [0.2, 0.25) is 11.8 Å². The first kappa shape index (κ1) is 17.6. The number of aryl methyl sites for hydroxylation is 1. The zero-order valence-electron chi connectivity index (χ0n) is 14.5. The van der Waals surface area contributed by atoms with Gasteiger partial charge in [-0.3, -0.25) is 19.8 Å². The summed E-state index contributed by atoms with van der Waals surface area (Å²) in [6, 6.07) is 6.98. The number of esters is 1. The lowest BCUT2D eigenvalue weighted by atomic mass is 9.79. The molecule has 0 saturated carbocycles. The van der Waals surface area contributed by atoms with Gasteiger partial charge < -0.3 is 9.84 Å². The lowest BCUT2D eigenvalue weighted by molar-refractivity contribution is -0.156. The second-order valence-corrected chi connectivity index (χ2v) is 6.58. The molecule has 2 N–H and O–H groups in total. The zero-order chi connectivity index (χ0) is 18.4. The molecular weight excluding hydrogens is 324 g/mol. The molecule has 4 atom stereocenters. The van der Waals surface area contributed by atoms with Gasteiger partial charge in [0.1, 0.15) is 0 Å². The zero-order valence-corrected chi connectivity index (χ0v) is 14.5. The van der Waals surface area contributed by atoms with Crippen LogP contribution in [0.5, 0.6) is 0 Å². The Labute approximate surface area is 146 Å². The van der Waals surface area contributed by atoms with Gasteiger partial charge in [0.15, 0.2) is 5.54 Å². The number of methoxy groups -OCH3 is 1. The minimum Gasteiger partial charge on any atom is -0.468 e. The molecule has 0 unspecified atom stereocenters. The summed E-state index contributed by atoms with van der Waals surface area (Å²) < 4.78 is 4.85. The summed E-state index contributed by atoms with van der Waals surface area (Å²) in [6.07, 6.45) is 0. The van der Waals surface area contributed by atoms with E-state index in [9.17, 15) is 19.5 Å². The molecule has 2 amide bonds. The molecule has 0 radical (unpaired) electrons. The monoisotopic (exact) mass is 346 g/mol. The molecule has 7 nitrogen and oxygen atoms in total. The van der Waals surface area contributed by atoms with Crippen molar-refractivity contribution in [2.75, 3.05) is 20.3 Å². The number of hydrogen-bond donors (Lipinski definition) is 2. The first-order valence-electron chi connectivity index (χ1n) is 8.30. The number of carbonyl (C=O) groups excluding carboxylic acids is 3. The second kappa shape index (κ2) is 6.24. The Bertz CT molecular complexity index is 717. The molecule has 0 aromatic heterocycles. The molecule has 0 aliphatic carbocycles. The molecule has 2 aliphatic rings. The third-order valence-electron chi connectivity index (χ3n) is 5.30. The molecule has 25 heavy (non-hydrogen) atoms. The van der Waals surface area contributed by atoms with Crippen molar-refractivity contribution in [2.45, 2.75) is 25.4 Å². The highest BCUT2D eigenvalue weighted by Crippen LogP contribution is 2.48. The van der Waals surface area contributed by atoms with E-state index in [1.165, 1.54) is 7.11 Å². The largest absolute Gasteiger partial charge is 0.468 e. The molecule has 2 fully saturated rings. The smallest absolute Gasteiger partial charge is 0.329 e. The fraction of sp³-hybridized carbons (Fsp3) is 0.500. The number of imide groups is 1. The molecule has 3 rings (SSSR count). The average molecular weight is 346 g/mol. The number of rotatable bonds is 4. The molecular formula is C18H22N2O5. The number of aliphatic hydroxyl groups excluding tert-OH is 1. The Morgan fingerprint density at radius 2 is 1.92 bits per heavy atom. The average Bonchev–Trinajstić information content (AvgIpc) is 3.10. The van der Waals surface area contributed by atoms with E-state index in [2.05, 4.69) is 5.32 Å². The van der Waals surface area contributed by atoms with Crippen molar-refractivity contribution in [3.8, 4) is 0 Å². The van der Waals surface area contributed by atoms with Gasteiger partial charge in [-0.25, -0.2) is 4.79 Å². The molecule has 134 valence electrons. The van der Waals surface area contributed by atoms with E-state index in [-0.39, 0.29) is 12.5 Å². The van der Waals surface area contributed by atoms with Crippen molar-refractivity contribution in [3.05, 3.63) is 35.4 Å². The Kier molecular flexibility index (Phi) is 4.38. The Morgan fingerprint density at radius 1 is 1.28 bits per heavy atom. The second-order valence-electron chi connectivity index (χ2n) is 6.58. The van der Waals surface area contributed by atoms with Crippen molar-refractivity contribution in [1.29, 1.82) is 0 Å². The van der Waals surface area contributed by atoms with Crippen molar-refractivity contribution in [3.63, 3.8) is 0 Å². The van der Waals surface area contributed by atoms with E-state index in [1.807, 2.05) is 31.2 Å². The van der Waals surface area contributed by atoms with E-state index in [0.717, 1.165) is 16.0 Å². The number of carbonyl (C=O) groups is 3. The Morgan fingerprint density at radius 3 is 2.44 bits per heavy atom. The quantitative estimate of drug-likeness (QED) is 0.596. The van der Waals surface area contributed by atoms with Gasteiger partial charge in [-0.05, 0) is 19.4 Å². The number of hydrogen-bond acceptors (Lipinski definition) is 6. The Balaban J connectivity index is 2.13. The molecule has 1 aromatic carbocycles. The van der Waals surface area contributed by atoms with Gasteiger partial charge in [-0.2, -0.15) is 0 Å². The summed E-state index contributed by atoms with van der Waals surface area (Å²) in [5.74, 6) is -3.24. The number of likely N-dealkylation sites (tertiary alicyclic amines) is 1. The van der Waals surface area contributed by atoms with Crippen LogP contribution in [-0.4, -0.2) is 53.6 Å². The van der Waals surface area contributed by atoms with Crippen LogP contribution in [0.25, 0.3) is 0 Å². The van der Waals surface area contributed by atoms with Crippen LogP contribution in [0.4, 0.5) is 0 Å². The highest BCUT2D eigenvalue weighted by Gasteiger charge is 2.68. The summed E-state index contributed by atoms with van der Waals surface area (Å²) in [6.45, 7) is 3.27. The number of aliphatic hydroxyl groups is 1. The maximum absolute atomic E-state index is 12.8. The van der Waals surface area contributed by atoms with Crippen LogP contribution in [0.1, 0.15) is 24.1 Å². The van der Waals surface area contributed by atoms with Gasteiger partial charge in [0.05, 0.1) is 25.6 Å². The normalized spacial score (nSPS) is 31.4. The first-order valence-corrected chi connectivity index (χ1v) is 8.30. The van der Waals surface area contributed by atoms with Gasteiger partial charge in [-0.15, -0.1) is 0 Å². The van der Waals surface area contributed by atoms with E-state index in [0.29, 0.717) is 0 Å². The fourth-order valence-electron chi connectivity index (χ4n) is 4.01. The van der Waals surface area contributed by atoms with Crippen molar-refractivity contribution in [2.24, 2.45) is 11.8 Å². The van der Waals surface area contributed by atoms with Gasteiger partial charge in [0, 0.05) is 12.6 Å². The maximum atomic E-state index is 12.8. The van der Waals surface area contributed by atoms with E-state index < -0.39 is 41.9 Å². The summed E-state index contributed by atoms with van der Waals surface area (Å²) in [5.41, 5.74) is 0.230. The van der Waals surface area contributed by atoms with Crippen molar-refractivity contribution in [1.82, 2.24) is 10.2 Å². The topological polar surface area (TPSA) is 95.9 Å². The number of amides is 2. The highest BCUT2D eigenvalue weighted by atomic mass is 16.5. The standard InChI is InChI=1S/C18H22N2O5/c1-4-20-15(22)12-13(16(20)23)18(9-21,17(24)25-3)19-14(12)11-7-5-10(2)6-8-11/h5-8,12-14,19,21H,4,9H2,1-3H3/t12-,13+,14+,18-/m1/s1. The van der Waals surface area contributed by atoms with E-state index >= 15 is 0 Å². The number of fused-ring (bicyclic) bond motifs is 1. The van der Waals surface area contributed by atoms with Crippen molar-refractivity contribution < 1.29 is 24.2 Å². The van der Waals surface area contributed by atoms with Crippen LogP contribution in [0, 0.1) is 18.8 Å². The summed E-state index contributed by atoms with van der Waals surface area (Å²) in [7, 11) is 1.20. The summed E-state index contributed by atoms with van der Waals surface area (Å²) in [5, 5.41) is 13.0. The highest BCUT2D eigenvalue weighted by molar-refractivity contribution is 6.09. The minimum atomic E-state index is -1.62. The minimum absolute atomic E-state index is 0.230. The molecule has 2 aliphatic heterocycles. The van der Waals surface area contributed by atoms with Crippen LogP contribution in [0.2, 0.25) is 0 Å². The number of nitrogens with one attached hydrogen (secondary N) is 1. The maximum Gasteiger partial charge on any atom is 0.329 e. The SMILES string of the molecule is CCN1C(=O)[C@@H]2[C@@H](C1=O)[C@](CO)(C(=O)OC)N[C@H]2c1ccc(C)cc1. The van der Waals surface area contributed by atoms with Crippen molar-refractivity contribution >= 4 is 17.8 Å². The van der Waals surface area contributed by atoms with Crippen LogP contribution in [0.3, 0.4) is 0 Å². The van der Waals surface area contributed by atoms with Crippen LogP contribution in [-0.2, 0) is 19.1 Å². The molecule has 2 saturated heterocycles. The Hall–Kier alpha value is -2.25. The molecule has 2 heterocycles. The van der Waals surface area contributed by atoms with Gasteiger partial charge in [0.25, 0.3) is 0 Å². The first-order chi connectivity index (χ1) is 11.9. The van der Waals surface area contributed by atoms with Crippen LogP contribution < -0.4 is 5.32 Å². The number of benzene rings is 1. The number of nitrogens with zero attached hydrogens (tertiary/aromatic N) is 1. The lowest BCUT2D eigenvalue weighted by Crippen LogP contribution is -2.58. The molecule has 1 aromatic rings. The van der Waals surface area contributed by atoms with E-state index in [1.54, 1.807) is 6.92 Å². The molecule has 7 heteroatoms. The van der Waals surface area contributed by atoms with Crippen LogP contribution >= 0.6 is 0 Å². The van der Waals surface area contributed by atoms with Gasteiger partial charge in [-0.1, -0.05) is 29.8 Å². The predicted octanol–water partition coefficient (Wildman–Crippen LogP) is 0.165.